The first-order valence-electron chi connectivity index (χ1n) is 6.50. The Kier molecular flexibility index (Phi) is 5.36. The van der Waals surface area contributed by atoms with Gasteiger partial charge in [0.1, 0.15) is 0 Å². The molecule has 0 aliphatic carbocycles. The van der Waals surface area contributed by atoms with Crippen molar-refractivity contribution in [3.63, 3.8) is 0 Å². The van der Waals surface area contributed by atoms with Gasteiger partial charge in [0, 0.05) is 10.2 Å². The number of carbonyl (C=O) groups is 2. The van der Waals surface area contributed by atoms with Crippen LogP contribution >= 0.6 is 22.6 Å². The van der Waals surface area contributed by atoms with Crippen LogP contribution < -0.4 is 5.32 Å². The van der Waals surface area contributed by atoms with Gasteiger partial charge in [-0.3, -0.25) is 4.79 Å². The Morgan fingerprint density at radius 1 is 1.40 bits per heavy atom. The molecule has 0 aromatic heterocycles. The van der Waals surface area contributed by atoms with Crippen molar-refractivity contribution in [1.82, 2.24) is 0 Å². The van der Waals surface area contributed by atoms with E-state index in [0.29, 0.717) is 12.3 Å². The number of amides is 1. The zero-order chi connectivity index (χ0) is 14.5. The van der Waals surface area contributed by atoms with Crippen LogP contribution in [0.5, 0.6) is 0 Å². The molecule has 1 heterocycles. The Labute approximate surface area is 130 Å². The summed E-state index contributed by atoms with van der Waals surface area (Å²) >= 11 is 2.04. The molecule has 1 aliphatic rings. The lowest BCUT2D eigenvalue weighted by Crippen LogP contribution is -2.26. The Bertz CT molecular complexity index is 512. The molecule has 0 saturated carbocycles. The van der Waals surface area contributed by atoms with E-state index < -0.39 is 5.97 Å². The summed E-state index contributed by atoms with van der Waals surface area (Å²) in [4.78, 5) is 23.1. The summed E-state index contributed by atoms with van der Waals surface area (Å²) in [5.41, 5.74) is 0.438. The third-order valence-corrected chi connectivity index (χ3v) is 3.84. The lowest BCUT2D eigenvalue weighted by molar-refractivity contribution is -0.119. The fraction of sp³-hybridized carbons (Fsp3) is 0.429. The smallest absolute Gasteiger partial charge is 0.337 e. The molecule has 2 rings (SSSR count). The van der Waals surface area contributed by atoms with Gasteiger partial charge >= 0.3 is 5.97 Å². The molecule has 1 aromatic rings. The van der Waals surface area contributed by atoms with Crippen molar-refractivity contribution in [1.29, 1.82) is 0 Å². The van der Waals surface area contributed by atoms with Crippen LogP contribution in [0.3, 0.4) is 0 Å². The van der Waals surface area contributed by atoms with Crippen molar-refractivity contribution in [2.45, 2.75) is 31.8 Å². The molecule has 2 N–H and O–H groups in total. The van der Waals surface area contributed by atoms with E-state index in [1.807, 2.05) is 22.6 Å². The summed E-state index contributed by atoms with van der Waals surface area (Å²) < 4.78 is 6.32. The molecule has 6 heteroatoms. The van der Waals surface area contributed by atoms with Crippen LogP contribution in [0.1, 0.15) is 36.0 Å². The second-order valence-electron chi connectivity index (χ2n) is 4.74. The molecule has 5 nitrogen and oxygen atoms in total. The number of carboxylic acid groups (broad SMARTS) is 1. The predicted octanol–water partition coefficient (Wildman–Crippen LogP) is 2.89. The summed E-state index contributed by atoms with van der Waals surface area (Å²) in [6.07, 6.45) is 3.21. The Hall–Kier alpha value is -1.15. The van der Waals surface area contributed by atoms with E-state index in [0.717, 1.165) is 22.8 Å². The lowest BCUT2D eigenvalue weighted by atomic mass is 10.1. The number of rotatable bonds is 4. The Morgan fingerprint density at radius 2 is 2.20 bits per heavy atom. The maximum atomic E-state index is 12.0. The Balaban J connectivity index is 2.01. The number of nitrogens with one attached hydrogen (secondary N) is 1. The van der Waals surface area contributed by atoms with Gasteiger partial charge in [0.05, 0.1) is 23.8 Å². The Morgan fingerprint density at radius 3 is 2.85 bits per heavy atom. The van der Waals surface area contributed by atoms with E-state index in [-0.39, 0.29) is 24.0 Å². The number of aromatic carboxylic acids is 1. The van der Waals surface area contributed by atoms with Crippen LogP contribution in [0.2, 0.25) is 0 Å². The quantitative estimate of drug-likeness (QED) is 0.777. The maximum Gasteiger partial charge on any atom is 0.337 e. The monoisotopic (exact) mass is 389 g/mol. The van der Waals surface area contributed by atoms with E-state index in [9.17, 15) is 9.59 Å². The molecule has 20 heavy (non-hydrogen) atoms. The average molecular weight is 389 g/mol. The second kappa shape index (κ2) is 7.03. The molecule has 1 aliphatic heterocycles. The topological polar surface area (TPSA) is 75.6 Å². The van der Waals surface area contributed by atoms with Gasteiger partial charge in [-0.05, 0) is 60.1 Å². The van der Waals surface area contributed by atoms with Gasteiger partial charge in [0.2, 0.25) is 5.91 Å². The van der Waals surface area contributed by atoms with Crippen molar-refractivity contribution in [3.8, 4) is 0 Å². The van der Waals surface area contributed by atoms with Crippen molar-refractivity contribution in [2.24, 2.45) is 0 Å². The molecule has 0 radical (unpaired) electrons. The molecule has 1 saturated heterocycles. The summed E-state index contributed by atoms with van der Waals surface area (Å²) in [6, 6.07) is 4.92. The van der Waals surface area contributed by atoms with Gasteiger partial charge in [-0.1, -0.05) is 0 Å². The SMILES string of the molecule is O=C(CC1CCCCO1)Nc1ccc(I)cc1C(=O)O. The van der Waals surface area contributed by atoms with Crippen molar-refractivity contribution in [2.75, 3.05) is 11.9 Å². The lowest BCUT2D eigenvalue weighted by Gasteiger charge is -2.22. The largest absolute Gasteiger partial charge is 0.478 e. The minimum Gasteiger partial charge on any atom is -0.478 e. The second-order valence-corrected chi connectivity index (χ2v) is 5.98. The molecule has 108 valence electrons. The molecule has 1 atom stereocenters. The highest BCUT2D eigenvalue weighted by Crippen LogP contribution is 2.21. The highest BCUT2D eigenvalue weighted by Gasteiger charge is 2.19. The molecular weight excluding hydrogens is 373 g/mol. The third kappa shape index (κ3) is 4.17. The van der Waals surface area contributed by atoms with Crippen LogP contribution in [0.15, 0.2) is 18.2 Å². The highest BCUT2D eigenvalue weighted by molar-refractivity contribution is 14.1. The minimum atomic E-state index is -1.05. The maximum absolute atomic E-state index is 12.0. The van der Waals surface area contributed by atoms with Crippen molar-refractivity contribution in [3.05, 3.63) is 27.3 Å². The summed E-state index contributed by atoms with van der Waals surface area (Å²) in [6.45, 7) is 0.696. The van der Waals surface area contributed by atoms with Gasteiger partial charge in [-0.25, -0.2) is 4.79 Å². The van der Waals surface area contributed by atoms with E-state index in [4.69, 9.17) is 9.84 Å². The van der Waals surface area contributed by atoms with Crippen LogP contribution in [0, 0.1) is 3.57 Å². The number of hydrogen-bond donors (Lipinski definition) is 2. The van der Waals surface area contributed by atoms with Gasteiger partial charge in [-0.15, -0.1) is 0 Å². The van der Waals surface area contributed by atoms with Crippen LogP contribution in [-0.2, 0) is 9.53 Å². The predicted molar refractivity (Wildman–Crippen MR) is 83.0 cm³/mol. The number of hydrogen-bond acceptors (Lipinski definition) is 3. The number of benzene rings is 1. The number of carboxylic acids is 1. The normalized spacial score (nSPS) is 18.6. The van der Waals surface area contributed by atoms with Gasteiger partial charge in [-0.2, -0.15) is 0 Å². The van der Waals surface area contributed by atoms with Crippen molar-refractivity contribution >= 4 is 40.2 Å². The average Bonchev–Trinajstić information content (AvgIpc) is 2.41. The number of carbonyl (C=O) groups excluding carboxylic acids is 1. The summed E-state index contributed by atoms with van der Waals surface area (Å²) in [5, 5.41) is 11.8. The summed E-state index contributed by atoms with van der Waals surface area (Å²) in [7, 11) is 0. The molecule has 1 amide bonds. The fourth-order valence-electron chi connectivity index (χ4n) is 2.18. The molecule has 1 unspecified atom stereocenters. The standard InChI is InChI=1S/C14H16INO4/c15-9-4-5-12(11(7-9)14(18)19)16-13(17)8-10-3-1-2-6-20-10/h4-5,7,10H,1-3,6,8H2,(H,16,17)(H,18,19). The zero-order valence-corrected chi connectivity index (χ0v) is 13.1. The van der Waals surface area contributed by atoms with E-state index >= 15 is 0 Å². The first-order valence-corrected chi connectivity index (χ1v) is 7.58. The molecule has 1 fully saturated rings. The van der Waals surface area contributed by atoms with Crippen LogP contribution in [0.25, 0.3) is 0 Å². The molecular formula is C14H16INO4. The summed E-state index contributed by atoms with van der Waals surface area (Å²) in [5.74, 6) is -1.26. The first-order chi connectivity index (χ1) is 9.56. The molecule has 0 bridgehead atoms. The van der Waals surface area contributed by atoms with Gasteiger partial charge in [0.15, 0.2) is 0 Å². The molecule has 0 spiro atoms. The number of anilines is 1. The number of halogens is 1. The van der Waals surface area contributed by atoms with E-state index in [2.05, 4.69) is 5.32 Å². The third-order valence-electron chi connectivity index (χ3n) is 3.17. The minimum absolute atomic E-state index is 0.0547. The highest BCUT2D eigenvalue weighted by atomic mass is 127. The van der Waals surface area contributed by atoms with Crippen molar-refractivity contribution < 1.29 is 19.4 Å². The van der Waals surface area contributed by atoms with E-state index in [1.54, 1.807) is 12.1 Å². The van der Waals surface area contributed by atoms with E-state index in [1.165, 1.54) is 6.07 Å². The zero-order valence-electron chi connectivity index (χ0n) is 10.9. The molecule has 1 aromatic carbocycles. The van der Waals surface area contributed by atoms with Crippen LogP contribution in [0.4, 0.5) is 5.69 Å². The van der Waals surface area contributed by atoms with Gasteiger partial charge < -0.3 is 15.2 Å². The fourth-order valence-corrected chi connectivity index (χ4v) is 2.67. The first kappa shape index (κ1) is 15.2. The van der Waals surface area contributed by atoms with Crippen LogP contribution in [-0.4, -0.2) is 29.7 Å². The van der Waals surface area contributed by atoms with Gasteiger partial charge in [0.25, 0.3) is 0 Å². The number of ether oxygens (including phenoxy) is 1.